The van der Waals surface area contributed by atoms with Gasteiger partial charge in [-0.25, -0.2) is 14.2 Å². The number of hydrogen-bond donors (Lipinski definition) is 1. The van der Waals surface area contributed by atoms with Crippen LogP contribution in [0.15, 0.2) is 52.2 Å². The number of rotatable bonds is 9. The minimum atomic E-state index is -2.21. The Morgan fingerprint density at radius 1 is 1.31 bits per heavy atom. The second-order valence-corrected chi connectivity index (χ2v) is 8.93. The van der Waals surface area contributed by atoms with Crippen molar-refractivity contribution in [2.75, 3.05) is 26.2 Å². The van der Waals surface area contributed by atoms with Crippen molar-refractivity contribution in [1.82, 2.24) is 15.5 Å². The second-order valence-electron chi connectivity index (χ2n) is 6.51. The quantitative estimate of drug-likeness (QED) is 0.255. The van der Waals surface area contributed by atoms with E-state index >= 15 is 0 Å². The normalized spacial score (nSPS) is 21.9. The van der Waals surface area contributed by atoms with Crippen LogP contribution in [0.4, 0.5) is 8.78 Å². The zero-order valence-electron chi connectivity index (χ0n) is 16.6. The number of carbonyl (C=O) groups is 1. The van der Waals surface area contributed by atoms with Gasteiger partial charge in [-0.15, -0.1) is 0 Å². The lowest BCUT2D eigenvalue weighted by Crippen LogP contribution is -2.45. The SMILES string of the molecule is CCN(CC)CCON(NC(=O)c1ccccc1)C1=C(C)C(F)C(F)(I)C(Br)=C1. The average Bonchev–Trinajstić information content (AvgIpc) is 2.72. The van der Waals surface area contributed by atoms with Crippen LogP contribution in [-0.2, 0) is 4.84 Å². The predicted octanol–water partition coefficient (Wildman–Crippen LogP) is 4.91. The molecule has 2 unspecified atom stereocenters. The van der Waals surface area contributed by atoms with Crippen LogP contribution in [0.1, 0.15) is 31.1 Å². The standard InChI is InChI=1S/C20H25BrF2IN3O2/c1-4-26(5-2)11-12-29-27(25-19(28)15-9-7-6-8-10-15)16-13-17(21)20(23,24)18(22)14(16)3/h6-10,13,18H,4-5,11-12H2,1-3H3,(H,25,28). The fourth-order valence-corrected chi connectivity index (χ4v) is 3.82. The van der Waals surface area contributed by atoms with Gasteiger partial charge < -0.3 is 4.90 Å². The highest BCUT2D eigenvalue weighted by Crippen LogP contribution is 2.46. The Labute approximate surface area is 192 Å². The molecule has 5 nitrogen and oxygen atoms in total. The maximum Gasteiger partial charge on any atom is 0.271 e. The van der Waals surface area contributed by atoms with Gasteiger partial charge in [-0.2, -0.15) is 5.17 Å². The van der Waals surface area contributed by atoms with Gasteiger partial charge in [-0.05, 0) is 66.4 Å². The fraction of sp³-hybridized carbons (Fsp3) is 0.450. The summed E-state index contributed by atoms with van der Waals surface area (Å²) < 4.78 is 27.2. The summed E-state index contributed by atoms with van der Waals surface area (Å²) in [5, 5.41) is 1.13. The molecule has 1 aliphatic rings. The summed E-state index contributed by atoms with van der Waals surface area (Å²) in [6, 6.07) is 8.61. The van der Waals surface area contributed by atoms with Crippen LogP contribution in [0.5, 0.6) is 0 Å². The van der Waals surface area contributed by atoms with E-state index in [0.29, 0.717) is 12.1 Å². The zero-order valence-corrected chi connectivity index (χ0v) is 20.3. The summed E-state index contributed by atoms with van der Waals surface area (Å²) in [5.74, 6) is -0.416. The fourth-order valence-electron chi connectivity index (χ4n) is 2.78. The third-order valence-electron chi connectivity index (χ3n) is 4.66. The lowest BCUT2D eigenvalue weighted by atomic mass is 10.0. The van der Waals surface area contributed by atoms with E-state index in [2.05, 4.69) is 26.3 Å². The molecule has 2 atom stereocenters. The molecule has 0 saturated carbocycles. The number of benzene rings is 1. The van der Waals surface area contributed by atoms with Crippen LogP contribution in [-0.4, -0.2) is 52.1 Å². The first kappa shape index (κ1) is 24.2. The number of nitrogens with zero attached hydrogens (tertiary/aromatic N) is 2. The molecule has 0 fully saturated rings. The summed E-state index contributed by atoms with van der Waals surface area (Å²) in [7, 11) is 0. The Morgan fingerprint density at radius 2 is 1.93 bits per heavy atom. The Kier molecular flexibility index (Phi) is 9.05. The minimum Gasteiger partial charge on any atom is -0.301 e. The van der Waals surface area contributed by atoms with E-state index < -0.39 is 15.8 Å². The Balaban J connectivity index is 2.26. The van der Waals surface area contributed by atoms with Crippen LogP contribution in [0, 0.1) is 0 Å². The van der Waals surface area contributed by atoms with Gasteiger partial charge in [0.15, 0.2) is 6.17 Å². The van der Waals surface area contributed by atoms with Gasteiger partial charge in [0.1, 0.15) is 0 Å². The van der Waals surface area contributed by atoms with E-state index in [-0.39, 0.29) is 22.4 Å². The number of likely N-dealkylation sites (N-methyl/N-ethyl adjacent to an activating group) is 1. The number of carbonyl (C=O) groups excluding carboxylic acids is 1. The molecule has 0 heterocycles. The van der Waals surface area contributed by atoms with Crippen LogP contribution in [0.3, 0.4) is 0 Å². The summed E-state index contributed by atoms with van der Waals surface area (Å²) in [5.41, 5.74) is 3.45. The largest absolute Gasteiger partial charge is 0.301 e. The summed E-state index contributed by atoms with van der Waals surface area (Å²) >= 11 is 4.54. The molecule has 9 heteroatoms. The van der Waals surface area contributed by atoms with Crippen molar-refractivity contribution < 1.29 is 18.4 Å². The molecule has 29 heavy (non-hydrogen) atoms. The van der Waals surface area contributed by atoms with Crippen molar-refractivity contribution in [2.45, 2.75) is 30.6 Å². The number of hydrazine groups is 1. The van der Waals surface area contributed by atoms with Crippen LogP contribution in [0.25, 0.3) is 0 Å². The van der Waals surface area contributed by atoms with Crippen molar-refractivity contribution in [1.29, 1.82) is 0 Å². The first-order valence-electron chi connectivity index (χ1n) is 9.34. The Morgan fingerprint density at radius 3 is 2.52 bits per heavy atom. The topological polar surface area (TPSA) is 44.8 Å². The molecular weight excluding hydrogens is 559 g/mol. The first-order chi connectivity index (χ1) is 13.7. The molecule has 1 aromatic rings. The monoisotopic (exact) mass is 583 g/mol. The molecule has 1 N–H and O–H groups in total. The van der Waals surface area contributed by atoms with Gasteiger partial charge in [-0.1, -0.05) is 48.0 Å². The summed E-state index contributed by atoms with van der Waals surface area (Å²) in [6.07, 6.45) is -0.458. The smallest absolute Gasteiger partial charge is 0.271 e. The molecule has 160 valence electrons. The molecule has 0 radical (unpaired) electrons. The Hall–Kier alpha value is -1.04. The van der Waals surface area contributed by atoms with Gasteiger partial charge in [0.2, 0.25) is 3.68 Å². The molecule has 0 aliphatic heterocycles. The Bertz CT molecular complexity index is 770. The highest BCUT2D eigenvalue weighted by molar-refractivity contribution is 14.1. The lowest BCUT2D eigenvalue weighted by Gasteiger charge is -2.34. The van der Waals surface area contributed by atoms with Gasteiger partial charge in [0.05, 0.1) is 12.3 Å². The molecular formula is C20H25BrF2IN3O2. The van der Waals surface area contributed by atoms with E-state index in [1.54, 1.807) is 30.3 Å². The number of alkyl halides is 3. The van der Waals surface area contributed by atoms with Crippen LogP contribution in [0.2, 0.25) is 0 Å². The minimum absolute atomic E-state index is 0.0324. The summed E-state index contributed by atoms with van der Waals surface area (Å²) in [6.45, 7) is 8.17. The molecule has 1 aliphatic carbocycles. The first-order valence-corrected chi connectivity index (χ1v) is 11.2. The van der Waals surface area contributed by atoms with Crippen molar-refractivity contribution in [3.05, 3.63) is 57.7 Å². The van der Waals surface area contributed by atoms with E-state index in [1.165, 1.54) is 35.6 Å². The number of amides is 1. The second kappa shape index (κ2) is 10.8. The van der Waals surface area contributed by atoms with Crippen molar-refractivity contribution in [3.63, 3.8) is 0 Å². The predicted molar refractivity (Wildman–Crippen MR) is 122 cm³/mol. The highest BCUT2D eigenvalue weighted by Gasteiger charge is 2.45. The van der Waals surface area contributed by atoms with E-state index in [9.17, 15) is 13.6 Å². The zero-order chi connectivity index (χ0) is 21.6. The third kappa shape index (κ3) is 5.99. The molecule has 0 aromatic heterocycles. The van der Waals surface area contributed by atoms with Gasteiger partial charge in [0, 0.05) is 16.6 Å². The van der Waals surface area contributed by atoms with Crippen molar-refractivity contribution >= 4 is 44.4 Å². The van der Waals surface area contributed by atoms with E-state index in [1.807, 2.05) is 13.8 Å². The molecule has 1 amide bonds. The molecule has 1 aromatic carbocycles. The lowest BCUT2D eigenvalue weighted by molar-refractivity contribution is -0.159. The van der Waals surface area contributed by atoms with Gasteiger partial charge in [-0.3, -0.25) is 9.63 Å². The number of halogens is 4. The molecule has 0 saturated heterocycles. The van der Waals surface area contributed by atoms with Crippen molar-refractivity contribution in [3.8, 4) is 0 Å². The highest BCUT2D eigenvalue weighted by atomic mass is 127. The molecule has 0 bridgehead atoms. The summed E-state index contributed by atoms with van der Waals surface area (Å²) in [4.78, 5) is 20.6. The number of nitrogens with one attached hydrogen (secondary N) is 1. The molecule has 2 rings (SSSR count). The molecule has 0 spiro atoms. The number of hydrogen-bond acceptors (Lipinski definition) is 4. The maximum atomic E-state index is 14.7. The van der Waals surface area contributed by atoms with Crippen LogP contribution < -0.4 is 5.43 Å². The third-order valence-corrected chi connectivity index (χ3v) is 7.34. The van der Waals surface area contributed by atoms with Gasteiger partial charge >= 0.3 is 0 Å². The van der Waals surface area contributed by atoms with E-state index in [0.717, 1.165) is 18.3 Å². The number of hydroxylamine groups is 1. The average molecular weight is 584 g/mol. The van der Waals surface area contributed by atoms with Crippen LogP contribution >= 0.6 is 38.5 Å². The van der Waals surface area contributed by atoms with E-state index in [4.69, 9.17) is 4.84 Å². The van der Waals surface area contributed by atoms with Gasteiger partial charge in [0.25, 0.3) is 5.91 Å². The number of allylic oxidation sites excluding steroid dienone is 3. The maximum absolute atomic E-state index is 14.7. The van der Waals surface area contributed by atoms with Crippen molar-refractivity contribution in [2.24, 2.45) is 0 Å².